The average Bonchev–Trinajstić information content (AvgIpc) is 3.13. The highest BCUT2D eigenvalue weighted by Gasteiger charge is 2.27. The summed E-state index contributed by atoms with van der Waals surface area (Å²) in [4.78, 5) is 13.5. The van der Waals surface area contributed by atoms with Gasteiger partial charge in [0, 0.05) is 18.6 Å². The van der Waals surface area contributed by atoms with Gasteiger partial charge in [-0.15, -0.1) is 0 Å². The third kappa shape index (κ3) is 3.44. The zero-order chi connectivity index (χ0) is 15.1. The zero-order valence-corrected chi connectivity index (χ0v) is 13.1. The number of hydrogen-bond acceptors (Lipinski definition) is 3. The molecular formula is C12H14Cl2N2O3S. The summed E-state index contributed by atoms with van der Waals surface area (Å²) in [5, 5.41) is 4.98. The van der Waals surface area contributed by atoms with Crippen LogP contribution in [0.3, 0.4) is 0 Å². The molecule has 2 N–H and O–H groups in total. The second-order valence-corrected chi connectivity index (χ2v) is 7.28. The first-order valence-electron chi connectivity index (χ1n) is 5.97. The summed E-state index contributed by atoms with van der Waals surface area (Å²) in [6.07, 6.45) is 2.20. The van der Waals surface area contributed by atoms with Crippen molar-refractivity contribution in [2.75, 3.05) is 13.6 Å². The molecule has 1 aromatic carbocycles. The van der Waals surface area contributed by atoms with Crippen LogP contribution in [0, 0.1) is 5.92 Å². The number of halogens is 2. The molecule has 1 saturated carbocycles. The first-order chi connectivity index (χ1) is 9.20. The number of carbonyl (C=O) groups is 1. The van der Waals surface area contributed by atoms with E-state index in [0.29, 0.717) is 12.5 Å². The van der Waals surface area contributed by atoms with Gasteiger partial charge in [0.25, 0.3) is 5.91 Å². The van der Waals surface area contributed by atoms with Crippen LogP contribution in [0.15, 0.2) is 17.0 Å². The predicted molar refractivity (Wildman–Crippen MR) is 77.5 cm³/mol. The SMILES string of the molecule is CN(CC1CC1)C(=O)c1cc(Cl)cc(S(N)(=O)=O)c1Cl. The molecule has 1 amide bonds. The minimum atomic E-state index is -4.04. The lowest BCUT2D eigenvalue weighted by Crippen LogP contribution is -2.29. The van der Waals surface area contributed by atoms with Gasteiger partial charge in [-0.2, -0.15) is 0 Å². The van der Waals surface area contributed by atoms with Crippen LogP contribution in [0.1, 0.15) is 23.2 Å². The highest BCUT2D eigenvalue weighted by atomic mass is 35.5. The molecule has 1 aliphatic rings. The van der Waals surface area contributed by atoms with Crippen molar-refractivity contribution in [2.24, 2.45) is 11.1 Å². The normalized spacial score (nSPS) is 15.2. The average molecular weight is 337 g/mol. The van der Waals surface area contributed by atoms with Gasteiger partial charge in [-0.1, -0.05) is 23.2 Å². The van der Waals surface area contributed by atoms with Gasteiger partial charge in [-0.3, -0.25) is 4.79 Å². The standard InChI is InChI=1S/C12H14Cl2N2O3S/c1-16(6-7-2-3-7)12(17)9-4-8(13)5-10(11(9)14)20(15,18)19/h4-5,7H,2-3,6H2,1H3,(H2,15,18,19). The van der Waals surface area contributed by atoms with E-state index < -0.39 is 10.0 Å². The maximum atomic E-state index is 12.3. The molecular weight excluding hydrogens is 323 g/mol. The molecule has 0 spiro atoms. The summed E-state index contributed by atoms with van der Waals surface area (Å²) in [6.45, 7) is 0.617. The maximum absolute atomic E-state index is 12.3. The maximum Gasteiger partial charge on any atom is 0.255 e. The Morgan fingerprint density at radius 1 is 1.40 bits per heavy atom. The number of amides is 1. The van der Waals surface area contributed by atoms with Crippen molar-refractivity contribution in [2.45, 2.75) is 17.7 Å². The van der Waals surface area contributed by atoms with Crippen molar-refractivity contribution >= 4 is 39.1 Å². The van der Waals surface area contributed by atoms with Gasteiger partial charge in [0.1, 0.15) is 4.90 Å². The Labute approximate surface area is 127 Å². The lowest BCUT2D eigenvalue weighted by atomic mass is 10.2. The molecule has 0 radical (unpaired) electrons. The van der Waals surface area contributed by atoms with E-state index in [4.69, 9.17) is 28.3 Å². The van der Waals surface area contributed by atoms with Crippen LogP contribution in [0.25, 0.3) is 0 Å². The first-order valence-corrected chi connectivity index (χ1v) is 8.27. The number of nitrogens with two attached hydrogens (primary N) is 1. The topological polar surface area (TPSA) is 80.5 Å². The third-order valence-electron chi connectivity index (χ3n) is 3.12. The molecule has 0 aliphatic heterocycles. The van der Waals surface area contributed by atoms with Crippen LogP contribution in [-0.2, 0) is 10.0 Å². The molecule has 1 aliphatic carbocycles. The Morgan fingerprint density at radius 2 is 2.00 bits per heavy atom. The van der Waals surface area contributed by atoms with E-state index >= 15 is 0 Å². The largest absolute Gasteiger partial charge is 0.341 e. The Bertz CT molecular complexity index is 657. The molecule has 0 unspecified atom stereocenters. The van der Waals surface area contributed by atoms with Crippen LogP contribution >= 0.6 is 23.2 Å². The van der Waals surface area contributed by atoms with E-state index in [-0.39, 0.29) is 26.4 Å². The third-order valence-corrected chi connectivity index (χ3v) is 4.79. The number of nitrogens with zero attached hydrogens (tertiary/aromatic N) is 1. The summed E-state index contributed by atoms with van der Waals surface area (Å²) in [5.41, 5.74) is 0.0475. The smallest absolute Gasteiger partial charge is 0.255 e. The Kier molecular flexibility index (Phi) is 4.30. The predicted octanol–water partition coefficient (Wildman–Crippen LogP) is 2.12. The van der Waals surface area contributed by atoms with Gasteiger partial charge in [0.15, 0.2) is 0 Å². The van der Waals surface area contributed by atoms with E-state index in [0.717, 1.165) is 18.9 Å². The summed E-state index contributed by atoms with van der Waals surface area (Å²) < 4.78 is 22.9. The lowest BCUT2D eigenvalue weighted by molar-refractivity contribution is 0.0788. The van der Waals surface area contributed by atoms with Crippen molar-refractivity contribution in [3.8, 4) is 0 Å². The monoisotopic (exact) mass is 336 g/mol. The molecule has 0 aromatic heterocycles. The van der Waals surface area contributed by atoms with Crippen molar-refractivity contribution in [1.82, 2.24) is 4.90 Å². The molecule has 0 bridgehead atoms. The first kappa shape index (κ1) is 15.6. The van der Waals surface area contributed by atoms with Gasteiger partial charge < -0.3 is 4.90 Å². The Morgan fingerprint density at radius 3 is 2.50 bits per heavy atom. The molecule has 20 heavy (non-hydrogen) atoms. The van der Waals surface area contributed by atoms with Crippen molar-refractivity contribution < 1.29 is 13.2 Å². The van der Waals surface area contributed by atoms with E-state index in [1.54, 1.807) is 7.05 Å². The zero-order valence-electron chi connectivity index (χ0n) is 10.8. The van der Waals surface area contributed by atoms with Gasteiger partial charge >= 0.3 is 0 Å². The number of sulfonamides is 1. The molecule has 5 nitrogen and oxygen atoms in total. The fourth-order valence-corrected chi connectivity index (χ4v) is 3.35. The number of hydrogen-bond donors (Lipinski definition) is 1. The molecule has 8 heteroatoms. The fraction of sp³-hybridized carbons (Fsp3) is 0.417. The number of rotatable bonds is 4. The Balaban J connectivity index is 2.40. The second-order valence-electron chi connectivity index (χ2n) is 4.94. The molecule has 0 saturated heterocycles. The van der Waals surface area contributed by atoms with Crippen molar-refractivity contribution in [1.29, 1.82) is 0 Å². The van der Waals surface area contributed by atoms with Gasteiger partial charge in [0.2, 0.25) is 10.0 Å². The van der Waals surface area contributed by atoms with Gasteiger partial charge in [-0.05, 0) is 30.9 Å². The minimum Gasteiger partial charge on any atom is -0.341 e. The van der Waals surface area contributed by atoms with E-state index in [1.165, 1.54) is 11.0 Å². The number of benzene rings is 1. The second kappa shape index (κ2) is 5.52. The Hall–Kier alpha value is -0.820. The van der Waals surface area contributed by atoms with Crippen LogP contribution in [0.5, 0.6) is 0 Å². The van der Waals surface area contributed by atoms with E-state index in [2.05, 4.69) is 0 Å². The van der Waals surface area contributed by atoms with Crippen molar-refractivity contribution in [3.63, 3.8) is 0 Å². The van der Waals surface area contributed by atoms with E-state index in [9.17, 15) is 13.2 Å². The molecule has 2 rings (SSSR count). The minimum absolute atomic E-state index is 0.0475. The highest BCUT2D eigenvalue weighted by Crippen LogP contribution is 2.32. The van der Waals surface area contributed by atoms with Crippen LogP contribution in [-0.4, -0.2) is 32.8 Å². The van der Waals surface area contributed by atoms with Crippen LogP contribution in [0.4, 0.5) is 0 Å². The van der Waals surface area contributed by atoms with Gasteiger partial charge in [0.05, 0.1) is 10.6 Å². The number of carbonyl (C=O) groups excluding carboxylic acids is 1. The molecule has 1 fully saturated rings. The van der Waals surface area contributed by atoms with E-state index in [1.807, 2.05) is 0 Å². The fourth-order valence-electron chi connectivity index (χ4n) is 1.90. The molecule has 0 heterocycles. The van der Waals surface area contributed by atoms with Gasteiger partial charge in [-0.25, -0.2) is 13.6 Å². The van der Waals surface area contributed by atoms with Crippen LogP contribution in [0.2, 0.25) is 10.0 Å². The van der Waals surface area contributed by atoms with Crippen LogP contribution < -0.4 is 5.14 Å². The summed E-state index contributed by atoms with van der Waals surface area (Å²) in [5.74, 6) is 0.147. The summed E-state index contributed by atoms with van der Waals surface area (Å²) in [7, 11) is -2.39. The highest BCUT2D eigenvalue weighted by molar-refractivity contribution is 7.89. The lowest BCUT2D eigenvalue weighted by Gasteiger charge is -2.18. The molecule has 0 atom stereocenters. The molecule has 110 valence electrons. The van der Waals surface area contributed by atoms with Crippen molar-refractivity contribution in [3.05, 3.63) is 27.7 Å². The summed E-state index contributed by atoms with van der Waals surface area (Å²) in [6, 6.07) is 2.49. The molecule has 1 aromatic rings. The quantitative estimate of drug-likeness (QED) is 0.914. The summed E-state index contributed by atoms with van der Waals surface area (Å²) >= 11 is 11.8. The number of primary sulfonamides is 1.